The van der Waals surface area contributed by atoms with Crippen LogP contribution < -0.4 is 5.32 Å². The topological polar surface area (TPSA) is 51.0 Å². The Balaban J connectivity index is 1.74. The first-order chi connectivity index (χ1) is 9.22. The molecule has 2 atom stereocenters. The molecule has 3 rings (SSSR count). The Hall–Kier alpha value is -1.39. The number of rotatable bonds is 3. The molecule has 1 fully saturated rings. The smallest absolute Gasteiger partial charge is 0.231 e. The molecule has 0 saturated carbocycles. The lowest BCUT2D eigenvalue weighted by molar-refractivity contribution is 0.337. The molecule has 0 bridgehead atoms. The molecular formula is C14H16ClN3O. The summed E-state index contributed by atoms with van der Waals surface area (Å²) in [6, 6.07) is 7.74. The van der Waals surface area contributed by atoms with Gasteiger partial charge in [-0.2, -0.15) is 4.98 Å². The number of nitrogens with one attached hydrogen (secondary N) is 1. The number of hydrogen-bond acceptors (Lipinski definition) is 4. The maximum absolute atomic E-state index is 5.97. The molecule has 1 aromatic carbocycles. The molecule has 1 N–H and O–H groups in total. The lowest BCUT2D eigenvalue weighted by atomic mass is 9.98. The highest BCUT2D eigenvalue weighted by Gasteiger charge is 2.29. The molecule has 0 amide bonds. The number of hydrogen-bond donors (Lipinski definition) is 1. The number of nitrogens with zero attached hydrogens (tertiary/aromatic N) is 2. The molecule has 2 heterocycles. The summed E-state index contributed by atoms with van der Waals surface area (Å²) in [6.07, 6.45) is 0.651. The second-order valence-corrected chi connectivity index (χ2v) is 5.53. The summed E-state index contributed by atoms with van der Waals surface area (Å²) < 4.78 is 5.39. The molecule has 2 aromatic rings. The number of aromatic nitrogens is 2. The van der Waals surface area contributed by atoms with Crippen LogP contribution in [0.15, 0.2) is 28.8 Å². The van der Waals surface area contributed by atoms with Crippen LogP contribution in [0.4, 0.5) is 0 Å². The first-order valence-electron chi connectivity index (χ1n) is 6.50. The zero-order valence-electron chi connectivity index (χ0n) is 10.8. The van der Waals surface area contributed by atoms with E-state index in [2.05, 4.69) is 22.4 Å². The molecule has 19 heavy (non-hydrogen) atoms. The van der Waals surface area contributed by atoms with Gasteiger partial charge in [0.15, 0.2) is 5.82 Å². The average Bonchev–Trinajstić information content (AvgIpc) is 2.98. The predicted molar refractivity (Wildman–Crippen MR) is 73.3 cm³/mol. The zero-order chi connectivity index (χ0) is 13.2. The van der Waals surface area contributed by atoms with E-state index in [1.54, 1.807) is 0 Å². The van der Waals surface area contributed by atoms with Gasteiger partial charge in [-0.3, -0.25) is 0 Å². The van der Waals surface area contributed by atoms with E-state index >= 15 is 0 Å². The Kier molecular flexibility index (Phi) is 3.53. The maximum atomic E-state index is 5.97. The summed E-state index contributed by atoms with van der Waals surface area (Å²) in [6.45, 7) is 4.13. The van der Waals surface area contributed by atoms with E-state index in [1.807, 2.05) is 24.3 Å². The van der Waals surface area contributed by atoms with E-state index in [-0.39, 0.29) is 0 Å². The third-order valence-electron chi connectivity index (χ3n) is 3.57. The molecule has 0 unspecified atom stereocenters. The SMILES string of the molecule is C[C@@H]1CNC[C@H]1c1nc(Cc2cccc(Cl)c2)no1. The first kappa shape index (κ1) is 12.6. The Labute approximate surface area is 117 Å². The largest absolute Gasteiger partial charge is 0.339 e. The minimum Gasteiger partial charge on any atom is -0.339 e. The molecule has 100 valence electrons. The van der Waals surface area contributed by atoms with Crippen LogP contribution in [0.5, 0.6) is 0 Å². The molecule has 1 aromatic heterocycles. The molecule has 0 spiro atoms. The lowest BCUT2D eigenvalue weighted by Gasteiger charge is -2.07. The van der Waals surface area contributed by atoms with Gasteiger partial charge in [-0.1, -0.05) is 35.8 Å². The summed E-state index contributed by atoms with van der Waals surface area (Å²) in [5.74, 6) is 2.34. The first-order valence-corrected chi connectivity index (χ1v) is 6.88. The quantitative estimate of drug-likeness (QED) is 0.937. The fourth-order valence-corrected chi connectivity index (χ4v) is 2.67. The van der Waals surface area contributed by atoms with Gasteiger partial charge in [0, 0.05) is 18.0 Å². The summed E-state index contributed by atoms with van der Waals surface area (Å²) in [7, 11) is 0. The van der Waals surface area contributed by atoms with Crippen molar-refractivity contribution in [3.05, 3.63) is 46.6 Å². The van der Waals surface area contributed by atoms with Crippen molar-refractivity contribution in [2.45, 2.75) is 19.3 Å². The second kappa shape index (κ2) is 5.31. The van der Waals surface area contributed by atoms with Crippen LogP contribution in [0, 0.1) is 5.92 Å². The van der Waals surface area contributed by atoms with Crippen molar-refractivity contribution in [2.24, 2.45) is 5.92 Å². The van der Waals surface area contributed by atoms with Gasteiger partial charge in [-0.25, -0.2) is 0 Å². The summed E-state index contributed by atoms with van der Waals surface area (Å²) in [5, 5.41) is 8.14. The van der Waals surface area contributed by atoms with Crippen molar-refractivity contribution >= 4 is 11.6 Å². The second-order valence-electron chi connectivity index (χ2n) is 5.10. The zero-order valence-corrected chi connectivity index (χ0v) is 11.5. The third kappa shape index (κ3) is 2.80. The molecule has 4 nitrogen and oxygen atoms in total. The fourth-order valence-electron chi connectivity index (χ4n) is 2.46. The summed E-state index contributed by atoms with van der Waals surface area (Å²) in [5.41, 5.74) is 1.09. The van der Waals surface area contributed by atoms with E-state index in [0.29, 0.717) is 18.3 Å². The maximum Gasteiger partial charge on any atom is 0.231 e. The van der Waals surface area contributed by atoms with Gasteiger partial charge in [0.2, 0.25) is 5.89 Å². The molecule has 1 saturated heterocycles. The van der Waals surface area contributed by atoms with Crippen molar-refractivity contribution in [3.8, 4) is 0 Å². The van der Waals surface area contributed by atoms with E-state index in [9.17, 15) is 0 Å². The molecule has 0 radical (unpaired) electrons. The highest BCUT2D eigenvalue weighted by atomic mass is 35.5. The monoisotopic (exact) mass is 277 g/mol. The van der Waals surface area contributed by atoms with Crippen LogP contribution in [0.3, 0.4) is 0 Å². The van der Waals surface area contributed by atoms with Crippen LogP contribution in [0.1, 0.15) is 30.1 Å². The molecular weight excluding hydrogens is 262 g/mol. The van der Waals surface area contributed by atoms with Crippen molar-refractivity contribution in [2.75, 3.05) is 13.1 Å². The van der Waals surface area contributed by atoms with Gasteiger partial charge in [-0.15, -0.1) is 0 Å². The Morgan fingerprint density at radius 1 is 1.42 bits per heavy atom. The van der Waals surface area contributed by atoms with E-state index in [4.69, 9.17) is 16.1 Å². The summed E-state index contributed by atoms with van der Waals surface area (Å²) >= 11 is 5.97. The van der Waals surface area contributed by atoms with Gasteiger partial charge in [0.25, 0.3) is 0 Å². The predicted octanol–water partition coefficient (Wildman–Crippen LogP) is 2.64. The normalized spacial score (nSPS) is 22.8. The van der Waals surface area contributed by atoms with Crippen molar-refractivity contribution in [1.82, 2.24) is 15.5 Å². The van der Waals surface area contributed by atoms with Gasteiger partial charge >= 0.3 is 0 Å². The Morgan fingerprint density at radius 3 is 3.05 bits per heavy atom. The number of benzene rings is 1. The van der Waals surface area contributed by atoms with Crippen LogP contribution in [0.25, 0.3) is 0 Å². The molecule has 0 aliphatic carbocycles. The average molecular weight is 278 g/mol. The van der Waals surface area contributed by atoms with Gasteiger partial charge in [0.05, 0.1) is 5.92 Å². The fraction of sp³-hybridized carbons (Fsp3) is 0.429. The van der Waals surface area contributed by atoms with E-state index in [1.165, 1.54) is 0 Å². The van der Waals surface area contributed by atoms with Crippen LogP contribution in [-0.2, 0) is 6.42 Å². The molecule has 1 aliphatic rings. The van der Waals surface area contributed by atoms with Crippen molar-refractivity contribution < 1.29 is 4.52 Å². The van der Waals surface area contributed by atoms with Gasteiger partial charge < -0.3 is 9.84 Å². The van der Waals surface area contributed by atoms with Crippen LogP contribution >= 0.6 is 11.6 Å². The Morgan fingerprint density at radius 2 is 2.32 bits per heavy atom. The highest BCUT2D eigenvalue weighted by Crippen LogP contribution is 2.26. The minimum atomic E-state index is 0.334. The highest BCUT2D eigenvalue weighted by molar-refractivity contribution is 6.30. The minimum absolute atomic E-state index is 0.334. The Bertz CT molecular complexity index is 569. The van der Waals surface area contributed by atoms with Crippen LogP contribution in [-0.4, -0.2) is 23.2 Å². The van der Waals surface area contributed by atoms with Gasteiger partial charge in [0.1, 0.15) is 0 Å². The summed E-state index contributed by atoms with van der Waals surface area (Å²) in [4.78, 5) is 4.51. The van der Waals surface area contributed by atoms with Crippen molar-refractivity contribution in [1.29, 1.82) is 0 Å². The van der Waals surface area contributed by atoms with Crippen molar-refractivity contribution in [3.63, 3.8) is 0 Å². The standard InChI is InChI=1S/C14H16ClN3O/c1-9-7-16-8-12(9)14-17-13(18-19-14)6-10-3-2-4-11(15)5-10/h2-5,9,12,16H,6-8H2,1H3/t9-,12-/m1/s1. The van der Waals surface area contributed by atoms with E-state index in [0.717, 1.165) is 35.4 Å². The lowest BCUT2D eigenvalue weighted by Crippen LogP contribution is -2.08. The molecule has 1 aliphatic heterocycles. The van der Waals surface area contributed by atoms with Gasteiger partial charge in [-0.05, 0) is 30.2 Å². The van der Waals surface area contributed by atoms with Crippen LogP contribution in [0.2, 0.25) is 5.02 Å². The van der Waals surface area contributed by atoms with E-state index < -0.39 is 0 Å². The third-order valence-corrected chi connectivity index (χ3v) is 3.80. The molecule has 5 heteroatoms. The number of halogens is 1.